The van der Waals surface area contributed by atoms with E-state index in [0.717, 1.165) is 11.1 Å². The zero-order valence-corrected chi connectivity index (χ0v) is 16.6. The lowest BCUT2D eigenvalue weighted by Gasteiger charge is -2.32. The van der Waals surface area contributed by atoms with Crippen molar-refractivity contribution in [1.29, 1.82) is 0 Å². The highest BCUT2D eigenvalue weighted by Gasteiger charge is 2.42. The van der Waals surface area contributed by atoms with Crippen LogP contribution in [0, 0.1) is 6.92 Å². The Balaban J connectivity index is 1.59. The molecule has 2 aromatic carbocycles. The number of anilines is 1. The number of carbonyl (C=O) groups excluding carboxylic acids is 3. The van der Waals surface area contributed by atoms with E-state index in [4.69, 9.17) is 9.47 Å². The molecule has 0 saturated carbocycles. The Bertz CT molecular complexity index is 1050. The first kappa shape index (κ1) is 19.5. The number of amides is 3. The van der Waals surface area contributed by atoms with Gasteiger partial charge in [-0.25, -0.2) is 9.59 Å². The molecule has 0 fully saturated rings. The van der Waals surface area contributed by atoms with E-state index >= 15 is 0 Å². The first-order chi connectivity index (χ1) is 14.5. The minimum atomic E-state index is -0.611. The zero-order valence-electron chi connectivity index (χ0n) is 16.6. The number of nitrogens with zero attached hydrogens (tertiary/aromatic N) is 1. The second kappa shape index (κ2) is 7.90. The van der Waals surface area contributed by atoms with Gasteiger partial charge in [-0.05, 0) is 30.2 Å². The number of benzene rings is 2. The average Bonchev–Trinajstić information content (AvgIpc) is 3.12. The van der Waals surface area contributed by atoms with Crippen molar-refractivity contribution in [1.82, 2.24) is 10.2 Å². The molecule has 0 spiro atoms. The molecule has 154 valence electrons. The molecular weight excluding hydrogens is 386 g/mol. The van der Waals surface area contributed by atoms with Crippen LogP contribution in [0.15, 0.2) is 59.8 Å². The van der Waals surface area contributed by atoms with E-state index in [9.17, 15) is 14.4 Å². The zero-order chi connectivity index (χ0) is 21.3. The van der Waals surface area contributed by atoms with Gasteiger partial charge in [0.15, 0.2) is 0 Å². The molecule has 2 N–H and O–H groups in total. The molecule has 3 amide bonds. The Hall–Kier alpha value is -3.81. The van der Waals surface area contributed by atoms with Crippen molar-refractivity contribution in [2.24, 2.45) is 0 Å². The number of aryl methyl sites for hydroxylation is 1. The second-order valence-electron chi connectivity index (χ2n) is 7.07. The summed E-state index contributed by atoms with van der Waals surface area (Å²) < 4.78 is 10.5. The SMILES string of the molecule is COc1ccc(C)cc1NC(=O)CN1C(=O)NC(c2ccccc2)C2=C1COC2=O. The van der Waals surface area contributed by atoms with Crippen molar-refractivity contribution < 1.29 is 23.9 Å². The van der Waals surface area contributed by atoms with Gasteiger partial charge < -0.3 is 20.1 Å². The predicted octanol–water partition coefficient (Wildman–Crippen LogP) is 2.52. The Kier molecular flexibility index (Phi) is 5.14. The maximum absolute atomic E-state index is 12.8. The molecule has 2 aliphatic heterocycles. The van der Waals surface area contributed by atoms with E-state index < -0.39 is 23.9 Å². The van der Waals surface area contributed by atoms with Gasteiger partial charge in [-0.1, -0.05) is 36.4 Å². The van der Waals surface area contributed by atoms with Crippen molar-refractivity contribution in [2.45, 2.75) is 13.0 Å². The molecule has 0 saturated heterocycles. The molecule has 1 unspecified atom stereocenters. The Morgan fingerprint density at radius 1 is 1.23 bits per heavy atom. The summed E-state index contributed by atoms with van der Waals surface area (Å²) in [7, 11) is 1.51. The number of cyclic esters (lactones) is 1. The summed E-state index contributed by atoms with van der Waals surface area (Å²) >= 11 is 0. The quantitative estimate of drug-likeness (QED) is 0.743. The number of rotatable bonds is 5. The summed E-state index contributed by atoms with van der Waals surface area (Å²) in [6, 6.07) is 13.5. The molecule has 30 heavy (non-hydrogen) atoms. The van der Waals surface area contributed by atoms with Crippen LogP contribution >= 0.6 is 0 Å². The van der Waals surface area contributed by atoms with E-state index in [1.165, 1.54) is 12.0 Å². The van der Waals surface area contributed by atoms with Crippen LogP contribution in [0.2, 0.25) is 0 Å². The number of urea groups is 1. The molecule has 2 aliphatic rings. The number of hydrogen-bond donors (Lipinski definition) is 2. The molecule has 0 radical (unpaired) electrons. The third-order valence-corrected chi connectivity index (χ3v) is 5.06. The summed E-state index contributed by atoms with van der Waals surface area (Å²) in [6.45, 7) is 1.58. The van der Waals surface area contributed by atoms with Gasteiger partial charge in [-0.3, -0.25) is 9.69 Å². The van der Waals surface area contributed by atoms with Crippen molar-refractivity contribution >= 4 is 23.6 Å². The van der Waals surface area contributed by atoms with E-state index in [0.29, 0.717) is 22.7 Å². The van der Waals surface area contributed by atoms with Gasteiger partial charge in [-0.15, -0.1) is 0 Å². The third kappa shape index (κ3) is 3.59. The standard InChI is InChI=1S/C22H21N3O5/c1-13-8-9-17(29-2)15(10-13)23-18(26)11-25-16-12-30-21(27)19(16)20(24-22(25)28)14-6-4-3-5-7-14/h3-10,20H,11-12H2,1-2H3,(H,23,26)(H,24,28). The van der Waals surface area contributed by atoms with E-state index in [1.54, 1.807) is 12.1 Å². The molecule has 2 aromatic rings. The highest BCUT2D eigenvalue weighted by molar-refractivity contribution is 6.00. The lowest BCUT2D eigenvalue weighted by molar-refractivity contribution is -0.136. The summed E-state index contributed by atoms with van der Waals surface area (Å²) in [4.78, 5) is 39.1. The molecule has 0 aromatic heterocycles. The van der Waals surface area contributed by atoms with Gasteiger partial charge in [0, 0.05) is 0 Å². The van der Waals surface area contributed by atoms with Gasteiger partial charge in [0.2, 0.25) is 5.91 Å². The minimum absolute atomic E-state index is 0.0496. The topological polar surface area (TPSA) is 97.0 Å². The highest BCUT2D eigenvalue weighted by atomic mass is 16.5. The number of ether oxygens (including phenoxy) is 2. The van der Waals surface area contributed by atoms with Crippen molar-refractivity contribution in [3.8, 4) is 5.75 Å². The van der Waals surface area contributed by atoms with Crippen LogP contribution in [-0.2, 0) is 14.3 Å². The summed E-state index contributed by atoms with van der Waals surface area (Å²) in [5.74, 6) is -0.400. The largest absolute Gasteiger partial charge is 0.495 e. The van der Waals surface area contributed by atoms with Crippen LogP contribution in [0.25, 0.3) is 0 Å². The number of nitrogens with one attached hydrogen (secondary N) is 2. The van der Waals surface area contributed by atoms with Crippen LogP contribution in [0.1, 0.15) is 17.2 Å². The maximum Gasteiger partial charge on any atom is 0.338 e. The number of esters is 1. The van der Waals surface area contributed by atoms with Crippen LogP contribution < -0.4 is 15.4 Å². The van der Waals surface area contributed by atoms with Crippen LogP contribution in [0.5, 0.6) is 5.75 Å². The van der Waals surface area contributed by atoms with Crippen LogP contribution in [0.4, 0.5) is 10.5 Å². The maximum atomic E-state index is 12.8. The van der Waals surface area contributed by atoms with Crippen LogP contribution in [0.3, 0.4) is 0 Å². The van der Waals surface area contributed by atoms with Crippen molar-refractivity contribution in [3.05, 3.63) is 70.9 Å². The first-order valence-corrected chi connectivity index (χ1v) is 9.45. The van der Waals surface area contributed by atoms with Crippen molar-refractivity contribution in [2.75, 3.05) is 25.6 Å². The molecule has 0 aliphatic carbocycles. The fourth-order valence-electron chi connectivity index (χ4n) is 3.63. The molecule has 2 heterocycles. The normalized spacial score (nSPS) is 17.9. The van der Waals surface area contributed by atoms with Gasteiger partial charge >= 0.3 is 12.0 Å². The van der Waals surface area contributed by atoms with E-state index in [1.807, 2.05) is 43.3 Å². The van der Waals surface area contributed by atoms with Gasteiger partial charge in [-0.2, -0.15) is 0 Å². The summed E-state index contributed by atoms with van der Waals surface area (Å²) in [5, 5.41) is 5.58. The Labute approximate surface area is 173 Å². The fraction of sp³-hybridized carbons (Fsp3) is 0.227. The highest BCUT2D eigenvalue weighted by Crippen LogP contribution is 2.35. The molecule has 8 heteroatoms. The monoisotopic (exact) mass is 407 g/mol. The van der Waals surface area contributed by atoms with Gasteiger partial charge in [0.1, 0.15) is 18.9 Å². The van der Waals surface area contributed by atoms with E-state index in [2.05, 4.69) is 10.6 Å². The smallest absolute Gasteiger partial charge is 0.338 e. The van der Waals surface area contributed by atoms with E-state index in [-0.39, 0.29) is 13.2 Å². The van der Waals surface area contributed by atoms with Crippen LogP contribution in [-0.4, -0.2) is 43.1 Å². The first-order valence-electron chi connectivity index (χ1n) is 9.45. The Morgan fingerprint density at radius 3 is 2.73 bits per heavy atom. The third-order valence-electron chi connectivity index (χ3n) is 5.06. The average molecular weight is 407 g/mol. The fourth-order valence-corrected chi connectivity index (χ4v) is 3.63. The minimum Gasteiger partial charge on any atom is -0.495 e. The number of methoxy groups -OCH3 is 1. The van der Waals surface area contributed by atoms with Gasteiger partial charge in [0.25, 0.3) is 0 Å². The molecule has 8 nitrogen and oxygen atoms in total. The Morgan fingerprint density at radius 2 is 2.00 bits per heavy atom. The lowest BCUT2D eigenvalue weighted by Crippen LogP contribution is -2.49. The second-order valence-corrected chi connectivity index (χ2v) is 7.07. The molecular formula is C22H21N3O5. The van der Waals surface area contributed by atoms with Crippen molar-refractivity contribution in [3.63, 3.8) is 0 Å². The predicted molar refractivity (Wildman–Crippen MR) is 109 cm³/mol. The molecule has 4 rings (SSSR count). The number of carbonyl (C=O) groups is 3. The summed E-state index contributed by atoms with van der Waals surface area (Å²) in [6.07, 6.45) is 0. The molecule has 0 bridgehead atoms. The number of hydrogen-bond acceptors (Lipinski definition) is 5. The summed E-state index contributed by atoms with van der Waals surface area (Å²) in [5.41, 5.74) is 2.99. The van der Waals surface area contributed by atoms with Gasteiger partial charge in [0.05, 0.1) is 30.1 Å². The molecule has 1 atom stereocenters. The lowest BCUT2D eigenvalue weighted by atomic mass is 9.96.